The minimum atomic E-state index is -3.33. The van der Waals surface area contributed by atoms with E-state index < -0.39 is 10.0 Å². The van der Waals surface area contributed by atoms with Gasteiger partial charge < -0.3 is 15.8 Å². The Morgan fingerprint density at radius 1 is 1.42 bits per heavy atom. The van der Waals surface area contributed by atoms with Crippen molar-refractivity contribution < 1.29 is 17.9 Å². The molecule has 0 aromatic heterocycles. The van der Waals surface area contributed by atoms with Crippen LogP contribution in [0.3, 0.4) is 0 Å². The van der Waals surface area contributed by atoms with Crippen LogP contribution in [0.15, 0.2) is 18.2 Å². The molecule has 0 heterocycles. The molecule has 0 saturated carbocycles. The largest absolute Gasteiger partial charge is 0.495 e. The predicted molar refractivity (Wildman–Crippen MR) is 72.6 cm³/mol. The second-order valence-electron chi connectivity index (χ2n) is 3.74. The number of nitrogens with one attached hydrogen (secondary N) is 2. The molecule has 0 aliphatic rings. The molecule has 8 heteroatoms. The van der Waals surface area contributed by atoms with Gasteiger partial charge in [0.05, 0.1) is 18.6 Å². The average molecular weight is 287 g/mol. The van der Waals surface area contributed by atoms with Crippen LogP contribution in [0.2, 0.25) is 0 Å². The fourth-order valence-corrected chi connectivity index (χ4v) is 1.93. The van der Waals surface area contributed by atoms with Crippen molar-refractivity contribution in [2.45, 2.75) is 0 Å². The van der Waals surface area contributed by atoms with Gasteiger partial charge in [-0.2, -0.15) is 0 Å². The zero-order valence-corrected chi connectivity index (χ0v) is 11.6. The SMILES string of the molecule is CNS(=O)(=O)CCNC(=O)c1ccc(N)c(OC)c1. The normalized spacial score (nSPS) is 11.1. The summed E-state index contributed by atoms with van der Waals surface area (Å²) in [5.74, 6) is -0.165. The third-order valence-electron chi connectivity index (χ3n) is 2.46. The predicted octanol–water partition coefficient (Wildman–Crippen LogP) is -0.444. The molecular weight excluding hydrogens is 270 g/mol. The van der Waals surface area contributed by atoms with Crippen molar-refractivity contribution in [2.24, 2.45) is 0 Å². The van der Waals surface area contributed by atoms with E-state index in [2.05, 4.69) is 10.0 Å². The molecule has 0 bridgehead atoms. The molecule has 7 nitrogen and oxygen atoms in total. The number of sulfonamides is 1. The highest BCUT2D eigenvalue weighted by atomic mass is 32.2. The number of nitrogens with two attached hydrogens (primary N) is 1. The maximum Gasteiger partial charge on any atom is 0.251 e. The number of benzene rings is 1. The monoisotopic (exact) mass is 287 g/mol. The van der Waals surface area contributed by atoms with Crippen molar-refractivity contribution in [3.8, 4) is 5.75 Å². The Kier molecular flexibility index (Phi) is 5.13. The lowest BCUT2D eigenvalue weighted by Gasteiger charge is -2.08. The van der Waals surface area contributed by atoms with Gasteiger partial charge in [0.15, 0.2) is 0 Å². The standard InChI is InChI=1S/C11H17N3O4S/c1-13-19(16,17)6-5-14-11(15)8-3-4-9(12)10(7-8)18-2/h3-4,7,13H,5-6,12H2,1-2H3,(H,14,15). The summed E-state index contributed by atoms with van der Waals surface area (Å²) in [5, 5.41) is 2.51. The smallest absolute Gasteiger partial charge is 0.251 e. The molecule has 0 saturated heterocycles. The Hall–Kier alpha value is -1.80. The third-order valence-corrected chi connectivity index (χ3v) is 3.83. The highest BCUT2D eigenvalue weighted by Crippen LogP contribution is 2.21. The molecule has 0 atom stereocenters. The van der Waals surface area contributed by atoms with Gasteiger partial charge in [-0.3, -0.25) is 4.79 Å². The molecule has 1 amide bonds. The summed E-state index contributed by atoms with van der Waals surface area (Å²) >= 11 is 0. The molecule has 0 unspecified atom stereocenters. The van der Waals surface area contributed by atoms with Crippen LogP contribution in [0.5, 0.6) is 5.75 Å². The third kappa shape index (κ3) is 4.42. The van der Waals surface area contributed by atoms with E-state index in [-0.39, 0.29) is 18.2 Å². The summed E-state index contributed by atoms with van der Waals surface area (Å²) in [6.45, 7) is 0.0225. The summed E-state index contributed by atoms with van der Waals surface area (Å²) in [6.07, 6.45) is 0. The van der Waals surface area contributed by atoms with Crippen LogP contribution < -0.4 is 20.5 Å². The van der Waals surface area contributed by atoms with Gasteiger partial charge in [-0.05, 0) is 25.2 Å². The number of amides is 1. The van der Waals surface area contributed by atoms with Gasteiger partial charge in [0.25, 0.3) is 5.91 Å². The van der Waals surface area contributed by atoms with Crippen molar-refractivity contribution >= 4 is 21.6 Å². The van der Waals surface area contributed by atoms with Crippen molar-refractivity contribution in [3.63, 3.8) is 0 Å². The first kappa shape index (κ1) is 15.3. The fraction of sp³-hybridized carbons (Fsp3) is 0.364. The van der Waals surface area contributed by atoms with Crippen LogP contribution >= 0.6 is 0 Å². The minimum absolute atomic E-state index is 0.0225. The minimum Gasteiger partial charge on any atom is -0.495 e. The number of methoxy groups -OCH3 is 1. The van der Waals surface area contributed by atoms with E-state index in [0.717, 1.165) is 0 Å². The zero-order valence-electron chi connectivity index (χ0n) is 10.8. The Bertz CT molecular complexity index is 557. The lowest BCUT2D eigenvalue weighted by atomic mass is 10.2. The summed E-state index contributed by atoms with van der Waals surface area (Å²) in [7, 11) is -0.554. The first-order chi connectivity index (χ1) is 8.89. The topological polar surface area (TPSA) is 111 Å². The molecular formula is C11H17N3O4S. The lowest BCUT2D eigenvalue weighted by molar-refractivity contribution is 0.0956. The first-order valence-electron chi connectivity index (χ1n) is 5.52. The molecule has 0 aliphatic heterocycles. The van der Waals surface area contributed by atoms with E-state index in [4.69, 9.17) is 10.5 Å². The van der Waals surface area contributed by atoms with Gasteiger partial charge in [0.2, 0.25) is 10.0 Å². The molecule has 0 aliphatic carbocycles. The van der Waals surface area contributed by atoms with Crippen molar-refractivity contribution in [1.82, 2.24) is 10.0 Å². The van der Waals surface area contributed by atoms with E-state index in [1.807, 2.05) is 0 Å². The quantitative estimate of drug-likeness (QED) is 0.614. The van der Waals surface area contributed by atoms with Gasteiger partial charge in [-0.15, -0.1) is 0 Å². The number of carbonyl (C=O) groups is 1. The second kappa shape index (κ2) is 6.39. The van der Waals surface area contributed by atoms with Crippen molar-refractivity contribution in [2.75, 3.05) is 32.2 Å². The Labute approximate surface area is 112 Å². The van der Waals surface area contributed by atoms with Crippen molar-refractivity contribution in [3.05, 3.63) is 23.8 Å². The molecule has 1 aromatic rings. The number of carbonyl (C=O) groups excluding carboxylic acids is 1. The Morgan fingerprint density at radius 2 is 2.11 bits per heavy atom. The van der Waals surface area contributed by atoms with Crippen LogP contribution in [0.1, 0.15) is 10.4 Å². The highest BCUT2D eigenvalue weighted by molar-refractivity contribution is 7.89. The van der Waals surface area contributed by atoms with E-state index >= 15 is 0 Å². The highest BCUT2D eigenvalue weighted by Gasteiger charge is 2.11. The number of ether oxygens (including phenoxy) is 1. The molecule has 0 fully saturated rings. The molecule has 1 rings (SSSR count). The number of rotatable bonds is 6. The van der Waals surface area contributed by atoms with E-state index in [0.29, 0.717) is 17.0 Å². The molecule has 0 spiro atoms. The summed E-state index contributed by atoms with van der Waals surface area (Å²) in [5.41, 5.74) is 6.41. The summed E-state index contributed by atoms with van der Waals surface area (Å²) in [4.78, 5) is 11.8. The number of anilines is 1. The van der Waals surface area contributed by atoms with E-state index in [9.17, 15) is 13.2 Å². The lowest BCUT2D eigenvalue weighted by Crippen LogP contribution is -2.32. The molecule has 19 heavy (non-hydrogen) atoms. The second-order valence-corrected chi connectivity index (χ2v) is 5.78. The molecule has 0 radical (unpaired) electrons. The fourth-order valence-electron chi connectivity index (χ4n) is 1.36. The summed E-state index contributed by atoms with van der Waals surface area (Å²) < 4.78 is 29.5. The maximum atomic E-state index is 11.8. The summed E-state index contributed by atoms with van der Waals surface area (Å²) in [6, 6.07) is 4.59. The maximum absolute atomic E-state index is 11.8. The average Bonchev–Trinajstić information content (AvgIpc) is 2.39. The van der Waals surface area contributed by atoms with Gasteiger partial charge in [-0.1, -0.05) is 0 Å². The van der Waals surface area contributed by atoms with E-state index in [1.54, 1.807) is 12.1 Å². The van der Waals surface area contributed by atoms with Crippen molar-refractivity contribution in [1.29, 1.82) is 0 Å². The van der Waals surface area contributed by atoms with Crippen LogP contribution in [-0.4, -0.2) is 40.8 Å². The first-order valence-corrected chi connectivity index (χ1v) is 7.18. The van der Waals surface area contributed by atoms with Crippen LogP contribution in [0, 0.1) is 0 Å². The van der Waals surface area contributed by atoms with Gasteiger partial charge in [0, 0.05) is 12.1 Å². The molecule has 4 N–H and O–H groups in total. The van der Waals surface area contributed by atoms with E-state index in [1.165, 1.54) is 20.2 Å². The number of hydrogen-bond donors (Lipinski definition) is 3. The van der Waals surface area contributed by atoms with Gasteiger partial charge >= 0.3 is 0 Å². The van der Waals surface area contributed by atoms with Gasteiger partial charge in [-0.25, -0.2) is 13.1 Å². The van der Waals surface area contributed by atoms with Crippen LogP contribution in [-0.2, 0) is 10.0 Å². The zero-order chi connectivity index (χ0) is 14.5. The van der Waals surface area contributed by atoms with Crippen LogP contribution in [0.4, 0.5) is 5.69 Å². The molecule has 1 aromatic carbocycles. The molecule has 106 valence electrons. The Morgan fingerprint density at radius 3 is 2.68 bits per heavy atom. The number of hydrogen-bond acceptors (Lipinski definition) is 5. The number of nitrogen functional groups attached to an aromatic ring is 1. The Balaban J connectivity index is 2.64. The van der Waals surface area contributed by atoms with Gasteiger partial charge in [0.1, 0.15) is 5.75 Å². The van der Waals surface area contributed by atoms with Crippen LogP contribution in [0.25, 0.3) is 0 Å².